The maximum atomic E-state index is 5.60. The van der Waals surface area contributed by atoms with Gasteiger partial charge in [-0.25, -0.2) is 9.97 Å². The van der Waals surface area contributed by atoms with Crippen molar-refractivity contribution in [1.29, 1.82) is 0 Å². The van der Waals surface area contributed by atoms with Crippen LogP contribution in [0.3, 0.4) is 0 Å². The van der Waals surface area contributed by atoms with Crippen LogP contribution in [0.2, 0.25) is 0 Å². The molecule has 0 aliphatic carbocycles. The molecule has 1 aliphatic heterocycles. The lowest BCUT2D eigenvalue weighted by Gasteiger charge is -2.07. The van der Waals surface area contributed by atoms with Crippen molar-refractivity contribution in [2.45, 2.75) is 38.1 Å². The molecule has 182 valence electrons. The molecule has 1 fully saturated rings. The van der Waals surface area contributed by atoms with E-state index in [-0.39, 0.29) is 0 Å². The number of imidazole rings is 2. The first-order valence-electron chi connectivity index (χ1n) is 12.7. The fourth-order valence-electron chi connectivity index (χ4n) is 4.82. The fraction of sp³-hybridized carbons (Fsp3) is 0.286. The monoisotopic (exact) mass is 478 g/mol. The number of nitrogens with zero attached hydrogens (tertiary/aromatic N) is 4. The zero-order chi connectivity index (χ0) is 24.3. The molecular formula is C28H30N8. The van der Waals surface area contributed by atoms with Crippen molar-refractivity contribution in [3.05, 3.63) is 72.8 Å². The van der Waals surface area contributed by atoms with Crippen LogP contribution in [0.4, 0.5) is 0 Å². The Kier molecular flexibility index (Phi) is 6.27. The van der Waals surface area contributed by atoms with Crippen molar-refractivity contribution in [3.8, 4) is 33.9 Å². The van der Waals surface area contributed by atoms with Crippen LogP contribution in [0, 0.1) is 0 Å². The van der Waals surface area contributed by atoms with Gasteiger partial charge in [-0.3, -0.25) is 9.97 Å². The highest BCUT2D eigenvalue weighted by Gasteiger charge is 2.19. The molecule has 0 bridgehead atoms. The molecule has 36 heavy (non-hydrogen) atoms. The van der Waals surface area contributed by atoms with Gasteiger partial charge < -0.3 is 21.0 Å². The standard InChI is InChI=1S/C28H30N8/c29-10-2-1-5-27-33-15-24(35-27)21-9-7-18-12-20(8-6-19(18)13-21)23-14-32-25(16-31-23)26-17-34-28(36-26)22-4-3-11-30-22/h6-9,12-17,22,30H,1-5,10-11,29H2,(H,33,35)(H,34,36). The zero-order valence-corrected chi connectivity index (χ0v) is 20.2. The molecule has 2 aromatic carbocycles. The van der Waals surface area contributed by atoms with E-state index in [4.69, 9.17) is 10.7 Å². The first-order chi connectivity index (χ1) is 17.8. The van der Waals surface area contributed by atoms with Crippen LogP contribution >= 0.6 is 0 Å². The van der Waals surface area contributed by atoms with Crippen LogP contribution in [-0.2, 0) is 6.42 Å². The molecule has 3 aromatic heterocycles. The number of rotatable bonds is 8. The molecule has 6 rings (SSSR count). The number of nitrogens with two attached hydrogens (primary N) is 1. The minimum absolute atomic E-state index is 0.306. The van der Waals surface area contributed by atoms with Gasteiger partial charge in [0.25, 0.3) is 0 Å². The molecule has 1 atom stereocenters. The Bertz CT molecular complexity index is 1460. The van der Waals surface area contributed by atoms with Crippen molar-refractivity contribution in [3.63, 3.8) is 0 Å². The number of benzene rings is 2. The summed E-state index contributed by atoms with van der Waals surface area (Å²) in [4.78, 5) is 25.3. The first-order valence-corrected chi connectivity index (χ1v) is 12.7. The summed E-state index contributed by atoms with van der Waals surface area (Å²) in [5, 5.41) is 5.80. The van der Waals surface area contributed by atoms with Crippen LogP contribution in [0.15, 0.2) is 61.2 Å². The van der Waals surface area contributed by atoms with Crippen molar-refractivity contribution in [2.75, 3.05) is 13.1 Å². The quantitative estimate of drug-likeness (QED) is 0.238. The van der Waals surface area contributed by atoms with Gasteiger partial charge in [-0.1, -0.05) is 24.3 Å². The fourth-order valence-corrected chi connectivity index (χ4v) is 4.82. The minimum Gasteiger partial charge on any atom is -0.342 e. The number of fused-ring (bicyclic) bond motifs is 1. The van der Waals surface area contributed by atoms with Crippen LogP contribution in [0.1, 0.15) is 43.4 Å². The Labute approximate surface area is 209 Å². The molecule has 0 amide bonds. The number of aryl methyl sites for hydroxylation is 1. The van der Waals surface area contributed by atoms with Crippen molar-refractivity contribution < 1.29 is 0 Å². The van der Waals surface area contributed by atoms with Gasteiger partial charge in [-0.2, -0.15) is 0 Å². The summed E-state index contributed by atoms with van der Waals surface area (Å²) in [7, 11) is 0. The topological polar surface area (TPSA) is 121 Å². The van der Waals surface area contributed by atoms with Gasteiger partial charge in [0, 0.05) is 17.5 Å². The first kappa shape index (κ1) is 22.6. The van der Waals surface area contributed by atoms with Gasteiger partial charge in [-0.15, -0.1) is 0 Å². The number of H-pyrrole nitrogens is 2. The van der Waals surface area contributed by atoms with E-state index in [1.54, 1.807) is 0 Å². The van der Waals surface area contributed by atoms with E-state index in [9.17, 15) is 0 Å². The van der Waals surface area contributed by atoms with Gasteiger partial charge in [0.05, 0.1) is 47.9 Å². The maximum absolute atomic E-state index is 5.60. The van der Waals surface area contributed by atoms with E-state index in [0.29, 0.717) is 6.04 Å². The third-order valence-electron chi connectivity index (χ3n) is 6.86. The van der Waals surface area contributed by atoms with E-state index >= 15 is 0 Å². The highest BCUT2D eigenvalue weighted by atomic mass is 15.0. The van der Waals surface area contributed by atoms with Gasteiger partial charge in [0.15, 0.2) is 0 Å². The molecule has 1 aliphatic rings. The zero-order valence-electron chi connectivity index (χ0n) is 20.2. The minimum atomic E-state index is 0.306. The Morgan fingerprint density at radius 3 is 2.33 bits per heavy atom. The van der Waals surface area contributed by atoms with Crippen molar-refractivity contribution >= 4 is 10.8 Å². The average molecular weight is 479 g/mol. The lowest BCUT2D eigenvalue weighted by atomic mass is 10.0. The lowest BCUT2D eigenvalue weighted by Crippen LogP contribution is -2.14. The second-order valence-electron chi connectivity index (χ2n) is 9.38. The highest BCUT2D eigenvalue weighted by molar-refractivity contribution is 5.90. The normalized spacial score (nSPS) is 15.6. The van der Waals surface area contributed by atoms with E-state index in [2.05, 4.69) is 66.6 Å². The average Bonchev–Trinajstić information content (AvgIpc) is 3.70. The highest BCUT2D eigenvalue weighted by Crippen LogP contribution is 2.28. The summed E-state index contributed by atoms with van der Waals surface area (Å²) in [6.45, 7) is 1.77. The molecule has 5 N–H and O–H groups in total. The molecule has 0 spiro atoms. The number of aromatic nitrogens is 6. The summed E-state index contributed by atoms with van der Waals surface area (Å²) < 4.78 is 0. The number of aromatic amines is 2. The summed E-state index contributed by atoms with van der Waals surface area (Å²) in [6.07, 6.45) is 12.7. The summed E-state index contributed by atoms with van der Waals surface area (Å²) in [5.74, 6) is 1.98. The molecule has 0 saturated carbocycles. The predicted molar refractivity (Wildman–Crippen MR) is 142 cm³/mol. The van der Waals surface area contributed by atoms with Crippen LogP contribution in [0.5, 0.6) is 0 Å². The molecule has 4 heterocycles. The molecule has 8 heteroatoms. The molecule has 1 unspecified atom stereocenters. The number of hydrogen-bond acceptors (Lipinski definition) is 6. The number of nitrogens with one attached hydrogen (secondary N) is 3. The largest absolute Gasteiger partial charge is 0.342 e. The maximum Gasteiger partial charge on any atom is 0.123 e. The van der Waals surface area contributed by atoms with E-state index in [1.807, 2.05) is 24.8 Å². The lowest BCUT2D eigenvalue weighted by molar-refractivity contribution is 0.613. The van der Waals surface area contributed by atoms with Crippen molar-refractivity contribution in [2.24, 2.45) is 5.73 Å². The van der Waals surface area contributed by atoms with Gasteiger partial charge in [0.2, 0.25) is 0 Å². The Hall–Kier alpha value is -3.88. The van der Waals surface area contributed by atoms with Crippen LogP contribution < -0.4 is 11.1 Å². The second kappa shape index (κ2) is 10.0. The molecule has 1 saturated heterocycles. The molecule has 8 nitrogen and oxygen atoms in total. The van der Waals surface area contributed by atoms with E-state index in [0.717, 1.165) is 89.7 Å². The predicted octanol–water partition coefficient (Wildman–Crippen LogP) is 4.78. The van der Waals surface area contributed by atoms with Gasteiger partial charge in [-0.05, 0) is 61.7 Å². The smallest absolute Gasteiger partial charge is 0.123 e. The summed E-state index contributed by atoms with van der Waals surface area (Å²) in [5.41, 5.74) is 11.3. The van der Waals surface area contributed by atoms with Gasteiger partial charge in [0.1, 0.15) is 17.3 Å². The third-order valence-corrected chi connectivity index (χ3v) is 6.86. The second-order valence-corrected chi connectivity index (χ2v) is 9.38. The molecular weight excluding hydrogens is 448 g/mol. The van der Waals surface area contributed by atoms with E-state index in [1.165, 1.54) is 11.8 Å². The third kappa shape index (κ3) is 4.65. The van der Waals surface area contributed by atoms with Crippen molar-refractivity contribution in [1.82, 2.24) is 35.2 Å². The Balaban J connectivity index is 1.19. The van der Waals surface area contributed by atoms with Crippen LogP contribution in [-0.4, -0.2) is 43.0 Å². The summed E-state index contributed by atoms with van der Waals surface area (Å²) >= 11 is 0. The Morgan fingerprint density at radius 1 is 0.778 bits per heavy atom. The summed E-state index contributed by atoms with van der Waals surface area (Å²) in [6, 6.07) is 13.2. The SMILES string of the molecule is NCCCCc1ncc(-c2ccc3cc(-c4cnc(-c5cnc(C6CCCN6)[nH]5)cn4)ccc3c2)[nH]1. The molecule has 0 radical (unpaired) electrons. The Morgan fingerprint density at radius 2 is 1.56 bits per heavy atom. The van der Waals surface area contributed by atoms with Gasteiger partial charge >= 0.3 is 0 Å². The van der Waals surface area contributed by atoms with E-state index < -0.39 is 0 Å². The molecule has 5 aromatic rings. The van der Waals surface area contributed by atoms with Crippen LogP contribution in [0.25, 0.3) is 44.7 Å². The number of hydrogen-bond donors (Lipinski definition) is 4. The number of unbranched alkanes of at least 4 members (excludes halogenated alkanes) is 1.